The minimum Gasteiger partial charge on any atom is -0.497 e. The van der Waals surface area contributed by atoms with Crippen LogP contribution in [0.1, 0.15) is 11.4 Å². The normalized spacial score (nSPS) is 10.7. The zero-order valence-electron chi connectivity index (χ0n) is 17.4. The van der Waals surface area contributed by atoms with Gasteiger partial charge in [0.1, 0.15) is 17.4 Å². The molecule has 0 fully saturated rings. The van der Waals surface area contributed by atoms with Crippen molar-refractivity contribution in [3.63, 3.8) is 0 Å². The number of nitrogens with one attached hydrogen (secondary N) is 1. The number of hydrogen-bond donors (Lipinski definition) is 1. The highest BCUT2D eigenvalue weighted by Crippen LogP contribution is 2.24. The number of nitrogens with zero attached hydrogens (tertiary/aromatic N) is 3. The molecule has 32 heavy (non-hydrogen) atoms. The minimum absolute atomic E-state index is 0.115. The Morgan fingerprint density at radius 3 is 2.53 bits per heavy atom. The predicted octanol–water partition coefficient (Wildman–Crippen LogP) is 4.74. The molecule has 1 aromatic heterocycles. The molecular formula is C24H21FN4O2S. The molecule has 6 nitrogen and oxygen atoms in total. The molecule has 0 aliphatic rings. The fraction of sp³-hybridized carbons (Fsp3) is 0.125. The molecule has 0 bridgehead atoms. The van der Waals surface area contributed by atoms with E-state index in [0.717, 1.165) is 22.8 Å². The summed E-state index contributed by atoms with van der Waals surface area (Å²) >= 11 is 1.27. The van der Waals surface area contributed by atoms with Crippen LogP contribution in [0.15, 0.2) is 84.0 Å². The standard InChI is InChI=1S/C24H21FN4O2S/c1-31-21-12-10-17(11-13-21)14-22-27-28-24(29(22)20-8-3-2-4-9-20)32-16-23(30)26-19-7-5-6-18(25)15-19/h2-13,15H,14,16H2,1H3,(H,26,30). The van der Waals surface area contributed by atoms with E-state index in [1.807, 2.05) is 59.2 Å². The SMILES string of the molecule is COc1ccc(Cc2nnc(SCC(=O)Nc3cccc(F)c3)n2-c2ccccc2)cc1. The third-order valence-corrected chi connectivity index (χ3v) is 5.61. The van der Waals surface area contributed by atoms with E-state index in [4.69, 9.17) is 4.74 Å². The summed E-state index contributed by atoms with van der Waals surface area (Å²) in [6, 6.07) is 23.4. The van der Waals surface area contributed by atoms with Crippen LogP contribution in [0.25, 0.3) is 5.69 Å². The molecule has 1 heterocycles. The Morgan fingerprint density at radius 1 is 1.03 bits per heavy atom. The number of halogens is 1. The highest BCUT2D eigenvalue weighted by molar-refractivity contribution is 7.99. The van der Waals surface area contributed by atoms with Gasteiger partial charge in [-0.2, -0.15) is 0 Å². The Hall–Kier alpha value is -3.65. The number of benzene rings is 3. The molecule has 0 atom stereocenters. The number of anilines is 1. The first-order valence-corrected chi connectivity index (χ1v) is 10.9. The summed E-state index contributed by atoms with van der Waals surface area (Å²) in [5.41, 5.74) is 2.39. The van der Waals surface area contributed by atoms with Gasteiger partial charge in [0.05, 0.1) is 12.9 Å². The lowest BCUT2D eigenvalue weighted by atomic mass is 10.1. The number of para-hydroxylation sites is 1. The zero-order chi connectivity index (χ0) is 22.3. The lowest BCUT2D eigenvalue weighted by Crippen LogP contribution is -2.14. The molecule has 4 rings (SSSR count). The summed E-state index contributed by atoms with van der Waals surface area (Å²) < 4.78 is 20.5. The van der Waals surface area contributed by atoms with Gasteiger partial charge in [0, 0.05) is 17.8 Å². The molecule has 3 aromatic carbocycles. The average Bonchev–Trinajstić information content (AvgIpc) is 3.21. The molecule has 8 heteroatoms. The average molecular weight is 449 g/mol. The van der Waals surface area contributed by atoms with Crippen molar-refractivity contribution in [1.82, 2.24) is 14.8 Å². The summed E-state index contributed by atoms with van der Waals surface area (Å²) in [5.74, 6) is 1.01. The topological polar surface area (TPSA) is 69.0 Å². The van der Waals surface area contributed by atoms with Crippen LogP contribution in [0.2, 0.25) is 0 Å². The maximum atomic E-state index is 13.3. The molecule has 1 amide bonds. The van der Waals surface area contributed by atoms with Crippen molar-refractivity contribution in [2.75, 3.05) is 18.2 Å². The summed E-state index contributed by atoms with van der Waals surface area (Å²) in [5, 5.41) is 12.0. The Balaban J connectivity index is 1.53. The van der Waals surface area contributed by atoms with Gasteiger partial charge in [-0.3, -0.25) is 9.36 Å². The van der Waals surface area contributed by atoms with Gasteiger partial charge in [-0.25, -0.2) is 4.39 Å². The van der Waals surface area contributed by atoms with Crippen molar-refractivity contribution in [1.29, 1.82) is 0 Å². The van der Waals surface area contributed by atoms with Gasteiger partial charge in [0.2, 0.25) is 5.91 Å². The smallest absolute Gasteiger partial charge is 0.234 e. The summed E-state index contributed by atoms with van der Waals surface area (Å²) in [4.78, 5) is 12.4. The van der Waals surface area contributed by atoms with Crippen molar-refractivity contribution in [3.8, 4) is 11.4 Å². The fourth-order valence-electron chi connectivity index (χ4n) is 3.16. The third-order valence-electron chi connectivity index (χ3n) is 4.68. The van der Waals surface area contributed by atoms with Crippen LogP contribution in [0, 0.1) is 5.82 Å². The molecule has 0 aliphatic heterocycles. The lowest BCUT2D eigenvalue weighted by molar-refractivity contribution is -0.113. The van der Waals surface area contributed by atoms with Crippen molar-refractivity contribution in [3.05, 3.63) is 96.1 Å². The van der Waals surface area contributed by atoms with E-state index in [0.29, 0.717) is 17.3 Å². The second-order valence-corrected chi connectivity index (χ2v) is 7.88. The molecule has 1 N–H and O–H groups in total. The van der Waals surface area contributed by atoms with Gasteiger partial charge in [-0.1, -0.05) is 48.2 Å². The van der Waals surface area contributed by atoms with Crippen molar-refractivity contribution in [2.24, 2.45) is 0 Å². The first-order chi connectivity index (χ1) is 15.6. The predicted molar refractivity (Wildman–Crippen MR) is 123 cm³/mol. The van der Waals surface area contributed by atoms with Gasteiger partial charge < -0.3 is 10.1 Å². The molecule has 0 saturated carbocycles. The van der Waals surface area contributed by atoms with E-state index in [2.05, 4.69) is 15.5 Å². The van der Waals surface area contributed by atoms with Gasteiger partial charge in [0.25, 0.3) is 0 Å². The van der Waals surface area contributed by atoms with Crippen molar-refractivity contribution in [2.45, 2.75) is 11.6 Å². The van der Waals surface area contributed by atoms with Crippen LogP contribution in [0.3, 0.4) is 0 Å². The van der Waals surface area contributed by atoms with E-state index in [1.54, 1.807) is 19.2 Å². The number of amides is 1. The monoisotopic (exact) mass is 448 g/mol. The molecule has 0 saturated heterocycles. The molecule has 0 aliphatic carbocycles. The van der Waals surface area contributed by atoms with E-state index < -0.39 is 5.82 Å². The van der Waals surface area contributed by atoms with Gasteiger partial charge >= 0.3 is 0 Å². The quantitative estimate of drug-likeness (QED) is 0.395. The van der Waals surface area contributed by atoms with E-state index >= 15 is 0 Å². The molecule has 0 unspecified atom stereocenters. The van der Waals surface area contributed by atoms with E-state index in [-0.39, 0.29) is 11.7 Å². The van der Waals surface area contributed by atoms with Gasteiger partial charge in [0.15, 0.2) is 5.16 Å². The zero-order valence-corrected chi connectivity index (χ0v) is 18.2. The van der Waals surface area contributed by atoms with Crippen LogP contribution in [-0.4, -0.2) is 33.5 Å². The molecule has 0 radical (unpaired) electrons. The molecule has 0 spiro atoms. The summed E-state index contributed by atoms with van der Waals surface area (Å²) in [6.07, 6.45) is 0.571. The highest BCUT2D eigenvalue weighted by Gasteiger charge is 2.16. The molecule has 162 valence electrons. The van der Waals surface area contributed by atoms with E-state index in [9.17, 15) is 9.18 Å². The van der Waals surface area contributed by atoms with Crippen LogP contribution in [0.4, 0.5) is 10.1 Å². The highest BCUT2D eigenvalue weighted by atomic mass is 32.2. The maximum Gasteiger partial charge on any atom is 0.234 e. The summed E-state index contributed by atoms with van der Waals surface area (Å²) in [6.45, 7) is 0. The summed E-state index contributed by atoms with van der Waals surface area (Å²) in [7, 11) is 1.63. The number of hydrogen-bond acceptors (Lipinski definition) is 5. The maximum absolute atomic E-state index is 13.3. The Kier molecular flexibility index (Phi) is 6.81. The second-order valence-electron chi connectivity index (χ2n) is 6.94. The van der Waals surface area contributed by atoms with E-state index in [1.165, 1.54) is 23.9 Å². The van der Waals surface area contributed by atoms with Crippen LogP contribution < -0.4 is 10.1 Å². The lowest BCUT2D eigenvalue weighted by Gasteiger charge is -2.11. The first kappa shape index (κ1) is 21.6. The van der Waals surface area contributed by atoms with Crippen LogP contribution in [0.5, 0.6) is 5.75 Å². The van der Waals surface area contributed by atoms with Crippen molar-refractivity contribution >= 4 is 23.4 Å². The first-order valence-electron chi connectivity index (χ1n) is 9.93. The fourth-order valence-corrected chi connectivity index (χ4v) is 3.93. The third kappa shape index (κ3) is 5.33. The minimum atomic E-state index is -0.401. The Morgan fingerprint density at radius 2 is 1.81 bits per heavy atom. The van der Waals surface area contributed by atoms with Crippen LogP contribution in [-0.2, 0) is 11.2 Å². The number of rotatable bonds is 8. The number of carbonyl (C=O) groups excluding carboxylic acids is 1. The molecule has 4 aromatic rings. The van der Waals surface area contributed by atoms with Gasteiger partial charge in [-0.05, 0) is 48.0 Å². The van der Waals surface area contributed by atoms with Crippen molar-refractivity contribution < 1.29 is 13.9 Å². The molecular weight excluding hydrogens is 427 g/mol. The number of methoxy groups -OCH3 is 1. The second kappa shape index (κ2) is 10.1. The number of thioether (sulfide) groups is 1. The van der Waals surface area contributed by atoms with Gasteiger partial charge in [-0.15, -0.1) is 10.2 Å². The Bertz CT molecular complexity index is 1200. The Labute approximate surface area is 189 Å². The van der Waals surface area contributed by atoms with Crippen LogP contribution >= 0.6 is 11.8 Å². The number of ether oxygens (including phenoxy) is 1. The number of carbonyl (C=O) groups is 1. The number of aromatic nitrogens is 3. The largest absolute Gasteiger partial charge is 0.497 e.